The molecule has 0 unspecified atom stereocenters. The second-order valence-electron chi connectivity index (χ2n) is 7.64. The zero-order valence-electron chi connectivity index (χ0n) is 16.8. The fraction of sp³-hybridized carbons (Fsp3) is 0.455. The van der Waals surface area contributed by atoms with E-state index in [1.54, 1.807) is 0 Å². The summed E-state index contributed by atoms with van der Waals surface area (Å²) in [7, 11) is 0. The molecular weight excluding hydrogens is 435 g/mol. The van der Waals surface area contributed by atoms with E-state index in [2.05, 4.69) is 13.8 Å². The number of aliphatic hydroxyl groups excluding tert-OH is 2. The summed E-state index contributed by atoms with van der Waals surface area (Å²) in [5.74, 6) is 1.24. The lowest BCUT2D eigenvalue weighted by molar-refractivity contribution is 0.125. The van der Waals surface area contributed by atoms with Crippen molar-refractivity contribution < 1.29 is 19.7 Å². The van der Waals surface area contributed by atoms with Gasteiger partial charge in [0.15, 0.2) is 5.75 Å². The van der Waals surface area contributed by atoms with Crippen molar-refractivity contribution in [3.63, 3.8) is 0 Å². The van der Waals surface area contributed by atoms with E-state index in [0.717, 1.165) is 16.9 Å². The van der Waals surface area contributed by atoms with Gasteiger partial charge in [-0.3, -0.25) is 0 Å². The quantitative estimate of drug-likeness (QED) is 0.471. The molecule has 2 N–H and O–H groups in total. The van der Waals surface area contributed by atoms with E-state index in [0.29, 0.717) is 22.4 Å². The Labute approximate surface area is 187 Å². The molecule has 0 saturated carbocycles. The number of alkyl halides is 1. The van der Waals surface area contributed by atoms with Crippen LogP contribution in [0.5, 0.6) is 11.5 Å². The van der Waals surface area contributed by atoms with Crippen molar-refractivity contribution in [3.05, 3.63) is 57.6 Å². The normalized spacial score (nSPS) is 13.8. The third-order valence-electron chi connectivity index (χ3n) is 4.74. The number of rotatable bonds is 10. The van der Waals surface area contributed by atoms with E-state index >= 15 is 0 Å². The Morgan fingerprint density at radius 3 is 2.07 bits per heavy atom. The monoisotopic (exact) mass is 460 g/mol. The van der Waals surface area contributed by atoms with Gasteiger partial charge in [-0.1, -0.05) is 56.1 Å². The van der Waals surface area contributed by atoms with Crippen LogP contribution in [0.15, 0.2) is 36.4 Å². The predicted molar refractivity (Wildman–Crippen MR) is 119 cm³/mol. The first-order valence-electron chi connectivity index (χ1n) is 9.39. The Balaban J connectivity index is 2.19. The second kappa shape index (κ2) is 10.7. The average Bonchev–Trinajstić information content (AvgIpc) is 2.71. The SMILES string of the molecule is C[C@@H](CO)COc1ccc(C(C)(C)c2cc(Cl)c(OC[C@@H](O)CCl)c(Cl)c2)cc1. The lowest BCUT2D eigenvalue weighted by Gasteiger charge is -2.27. The Kier molecular flexibility index (Phi) is 8.92. The van der Waals surface area contributed by atoms with Crippen LogP contribution in [0.1, 0.15) is 31.9 Å². The molecule has 0 aliphatic heterocycles. The molecule has 2 atom stereocenters. The van der Waals surface area contributed by atoms with Crippen LogP contribution in [0.4, 0.5) is 0 Å². The molecule has 0 aliphatic rings. The van der Waals surface area contributed by atoms with Gasteiger partial charge in [-0.15, -0.1) is 11.6 Å². The average molecular weight is 462 g/mol. The molecule has 0 amide bonds. The van der Waals surface area contributed by atoms with Gasteiger partial charge in [0, 0.05) is 17.9 Å². The van der Waals surface area contributed by atoms with E-state index in [9.17, 15) is 5.11 Å². The molecule has 0 bridgehead atoms. The fourth-order valence-electron chi connectivity index (χ4n) is 2.71. The third kappa shape index (κ3) is 6.40. The van der Waals surface area contributed by atoms with Crippen LogP contribution in [-0.2, 0) is 5.41 Å². The van der Waals surface area contributed by atoms with E-state index < -0.39 is 6.10 Å². The highest BCUT2D eigenvalue weighted by atomic mass is 35.5. The van der Waals surface area contributed by atoms with Crippen LogP contribution in [-0.4, -0.2) is 42.0 Å². The van der Waals surface area contributed by atoms with Crippen molar-refractivity contribution in [2.75, 3.05) is 25.7 Å². The van der Waals surface area contributed by atoms with Crippen molar-refractivity contribution in [1.82, 2.24) is 0 Å². The summed E-state index contributed by atoms with van der Waals surface area (Å²) in [6.07, 6.45) is -0.791. The number of benzene rings is 2. The number of hydrogen-bond acceptors (Lipinski definition) is 4. The van der Waals surface area contributed by atoms with Crippen LogP contribution in [0.2, 0.25) is 10.0 Å². The smallest absolute Gasteiger partial charge is 0.156 e. The van der Waals surface area contributed by atoms with Crippen LogP contribution in [0, 0.1) is 5.92 Å². The minimum atomic E-state index is -0.791. The van der Waals surface area contributed by atoms with Gasteiger partial charge in [-0.25, -0.2) is 0 Å². The maximum absolute atomic E-state index is 9.57. The topological polar surface area (TPSA) is 58.9 Å². The van der Waals surface area contributed by atoms with Gasteiger partial charge >= 0.3 is 0 Å². The van der Waals surface area contributed by atoms with Crippen molar-refractivity contribution in [3.8, 4) is 11.5 Å². The summed E-state index contributed by atoms with van der Waals surface area (Å²) in [5, 5.41) is 19.4. The molecule has 2 aromatic rings. The Bertz CT molecular complexity index is 770. The standard InChI is InChI=1S/C22H27Cl3O4/c1-14(11-26)12-28-18-6-4-15(5-7-18)22(2,3)16-8-19(24)21(20(25)9-16)29-13-17(27)10-23/h4-9,14,17,26-27H,10-13H2,1-3H3/t14-,17-/m0/s1. The van der Waals surface area contributed by atoms with E-state index in [1.807, 2.05) is 43.3 Å². The van der Waals surface area contributed by atoms with Gasteiger partial charge in [-0.2, -0.15) is 0 Å². The molecule has 0 saturated heterocycles. The van der Waals surface area contributed by atoms with E-state index in [1.165, 1.54) is 0 Å². The Morgan fingerprint density at radius 1 is 0.966 bits per heavy atom. The van der Waals surface area contributed by atoms with Crippen molar-refractivity contribution in [1.29, 1.82) is 0 Å². The van der Waals surface area contributed by atoms with Gasteiger partial charge in [0.05, 0.1) is 22.5 Å². The summed E-state index contributed by atoms with van der Waals surface area (Å²) in [6.45, 7) is 6.66. The van der Waals surface area contributed by atoms with Crippen molar-refractivity contribution in [2.45, 2.75) is 32.3 Å². The fourth-order valence-corrected chi connectivity index (χ4v) is 3.39. The molecule has 0 fully saturated rings. The van der Waals surface area contributed by atoms with E-state index in [-0.39, 0.29) is 30.4 Å². The summed E-state index contributed by atoms with van der Waals surface area (Å²) >= 11 is 18.4. The molecular formula is C22H27Cl3O4. The lowest BCUT2D eigenvalue weighted by atomic mass is 9.78. The van der Waals surface area contributed by atoms with Gasteiger partial charge < -0.3 is 19.7 Å². The lowest BCUT2D eigenvalue weighted by Crippen LogP contribution is -2.20. The molecule has 160 valence electrons. The highest BCUT2D eigenvalue weighted by Gasteiger charge is 2.26. The predicted octanol–water partition coefficient (Wildman–Crippen LogP) is 5.31. The van der Waals surface area contributed by atoms with E-state index in [4.69, 9.17) is 49.4 Å². The van der Waals surface area contributed by atoms with Crippen LogP contribution >= 0.6 is 34.8 Å². The Hall–Kier alpha value is -1.17. The Morgan fingerprint density at radius 2 is 1.55 bits per heavy atom. The summed E-state index contributed by atoms with van der Waals surface area (Å²) < 4.78 is 11.2. The summed E-state index contributed by atoms with van der Waals surface area (Å²) in [5.41, 5.74) is 1.64. The molecule has 4 nitrogen and oxygen atoms in total. The van der Waals surface area contributed by atoms with Gasteiger partial charge in [0.25, 0.3) is 0 Å². The minimum absolute atomic E-state index is 0.0159. The molecule has 29 heavy (non-hydrogen) atoms. The van der Waals surface area contributed by atoms with Crippen LogP contribution in [0.25, 0.3) is 0 Å². The zero-order valence-corrected chi connectivity index (χ0v) is 19.1. The highest BCUT2D eigenvalue weighted by Crippen LogP contribution is 2.40. The molecule has 2 aromatic carbocycles. The molecule has 0 aliphatic carbocycles. The molecule has 0 heterocycles. The maximum Gasteiger partial charge on any atom is 0.156 e. The minimum Gasteiger partial charge on any atom is -0.493 e. The summed E-state index contributed by atoms with van der Waals surface area (Å²) in [6, 6.07) is 11.5. The number of ether oxygens (including phenoxy) is 2. The zero-order chi connectivity index (χ0) is 21.6. The first-order valence-corrected chi connectivity index (χ1v) is 10.7. The largest absolute Gasteiger partial charge is 0.493 e. The van der Waals surface area contributed by atoms with Gasteiger partial charge in [-0.05, 0) is 35.4 Å². The first kappa shape index (κ1) is 24.1. The third-order valence-corrected chi connectivity index (χ3v) is 5.66. The molecule has 2 rings (SSSR count). The summed E-state index contributed by atoms with van der Waals surface area (Å²) in [4.78, 5) is 0. The van der Waals surface area contributed by atoms with Crippen molar-refractivity contribution >= 4 is 34.8 Å². The molecule has 0 radical (unpaired) electrons. The molecule has 0 spiro atoms. The number of aliphatic hydroxyl groups is 2. The number of hydrogen-bond donors (Lipinski definition) is 2. The highest BCUT2D eigenvalue weighted by molar-refractivity contribution is 6.37. The van der Waals surface area contributed by atoms with Crippen LogP contribution < -0.4 is 9.47 Å². The number of halogens is 3. The molecule has 0 aromatic heterocycles. The van der Waals surface area contributed by atoms with Crippen molar-refractivity contribution in [2.24, 2.45) is 5.92 Å². The van der Waals surface area contributed by atoms with Gasteiger partial charge in [0.2, 0.25) is 0 Å². The first-order chi connectivity index (χ1) is 13.7. The maximum atomic E-state index is 9.57. The second-order valence-corrected chi connectivity index (χ2v) is 8.76. The molecule has 7 heteroatoms. The van der Waals surface area contributed by atoms with Crippen LogP contribution in [0.3, 0.4) is 0 Å². The van der Waals surface area contributed by atoms with Gasteiger partial charge in [0.1, 0.15) is 18.5 Å².